The number of anilines is 1. The van der Waals surface area contributed by atoms with E-state index >= 15 is 0 Å². The van der Waals surface area contributed by atoms with Gasteiger partial charge in [-0.3, -0.25) is 9.59 Å². The Morgan fingerprint density at radius 2 is 1.91 bits per heavy atom. The van der Waals surface area contributed by atoms with Crippen molar-refractivity contribution >= 4 is 17.5 Å². The first-order valence-corrected chi connectivity index (χ1v) is 12.3. The Balaban J connectivity index is 1.59. The summed E-state index contributed by atoms with van der Waals surface area (Å²) in [7, 11) is 0. The maximum absolute atomic E-state index is 13.4. The quantitative estimate of drug-likeness (QED) is 0.645. The third-order valence-electron chi connectivity index (χ3n) is 6.96. The fourth-order valence-corrected chi connectivity index (χ4v) is 4.93. The molecule has 1 saturated heterocycles. The minimum absolute atomic E-state index is 0.00328. The second kappa shape index (κ2) is 9.65. The predicted molar refractivity (Wildman–Crippen MR) is 129 cm³/mol. The zero-order valence-corrected chi connectivity index (χ0v) is 20.6. The van der Waals surface area contributed by atoms with Crippen molar-refractivity contribution in [1.29, 1.82) is 0 Å². The van der Waals surface area contributed by atoms with Gasteiger partial charge in [0.2, 0.25) is 11.8 Å². The summed E-state index contributed by atoms with van der Waals surface area (Å²) in [6.45, 7) is 11.0. The third kappa shape index (κ3) is 5.28. The number of benzene rings is 1. The number of hydrogen-bond donors (Lipinski definition) is 1. The first-order chi connectivity index (χ1) is 15.7. The van der Waals surface area contributed by atoms with Gasteiger partial charge in [-0.2, -0.15) is 0 Å². The van der Waals surface area contributed by atoms with Crippen LogP contribution in [0.3, 0.4) is 0 Å². The molecule has 7 heteroatoms. The number of rotatable bonds is 8. The molecule has 2 atom stereocenters. The van der Waals surface area contributed by atoms with E-state index in [1.54, 1.807) is 11.8 Å². The van der Waals surface area contributed by atoms with Gasteiger partial charge in [-0.25, -0.2) is 0 Å². The van der Waals surface area contributed by atoms with E-state index < -0.39 is 0 Å². The van der Waals surface area contributed by atoms with Gasteiger partial charge < -0.3 is 14.8 Å². The van der Waals surface area contributed by atoms with Gasteiger partial charge in [-0.15, -0.1) is 10.2 Å². The number of likely N-dealkylation sites (tertiary alicyclic amines) is 1. The molecular weight excluding hydrogens is 414 g/mol. The average Bonchev–Trinajstić information content (AvgIpc) is 3.33. The van der Waals surface area contributed by atoms with E-state index in [4.69, 9.17) is 0 Å². The largest absolute Gasteiger partial charge is 0.341 e. The molecule has 2 amide bonds. The Bertz CT molecular complexity index is 1020. The summed E-state index contributed by atoms with van der Waals surface area (Å²) >= 11 is 0. The van der Waals surface area contributed by atoms with Crippen molar-refractivity contribution in [2.45, 2.75) is 78.7 Å². The lowest BCUT2D eigenvalue weighted by atomic mass is 9.93. The van der Waals surface area contributed by atoms with Crippen LogP contribution >= 0.6 is 0 Å². The van der Waals surface area contributed by atoms with Gasteiger partial charge in [0, 0.05) is 38.2 Å². The lowest BCUT2D eigenvalue weighted by Gasteiger charge is -2.19. The van der Waals surface area contributed by atoms with Crippen molar-refractivity contribution < 1.29 is 9.59 Å². The number of carbonyl (C=O) groups excluding carboxylic acids is 2. The van der Waals surface area contributed by atoms with Crippen molar-refractivity contribution in [1.82, 2.24) is 19.7 Å². The monoisotopic (exact) mass is 451 g/mol. The first-order valence-electron chi connectivity index (χ1n) is 12.3. The number of hydrogen-bond acceptors (Lipinski definition) is 4. The SMILES string of the molecule is CC(=O)N1C[C@H](C(=O)Nc2ccc(C)cc2C)[C@@H](c2nnc(CCCC(C)C)n2C2CC2)C1. The van der Waals surface area contributed by atoms with E-state index in [9.17, 15) is 9.59 Å². The van der Waals surface area contributed by atoms with E-state index in [0.29, 0.717) is 25.0 Å². The number of aromatic nitrogens is 3. The lowest BCUT2D eigenvalue weighted by Crippen LogP contribution is -2.31. The maximum atomic E-state index is 13.4. The average molecular weight is 452 g/mol. The summed E-state index contributed by atoms with van der Waals surface area (Å²) in [6.07, 6.45) is 5.42. The standard InChI is InChI=1S/C26H37N5O2/c1-16(2)7-6-8-24-28-29-25(31(24)20-10-11-20)21-14-30(19(5)32)15-22(21)26(33)27-23-12-9-17(3)13-18(23)4/h9,12-13,16,20-22H,6-8,10-11,14-15H2,1-5H3,(H,27,33)/t21-,22-/m0/s1. The van der Waals surface area contributed by atoms with Crippen LogP contribution in [0.25, 0.3) is 0 Å². The number of nitrogens with one attached hydrogen (secondary N) is 1. The summed E-state index contributed by atoms with van der Waals surface area (Å²) in [4.78, 5) is 27.5. The molecule has 2 aliphatic rings. The molecule has 33 heavy (non-hydrogen) atoms. The first kappa shape index (κ1) is 23.5. The molecule has 1 aliphatic carbocycles. The number of nitrogens with zero attached hydrogens (tertiary/aromatic N) is 4. The van der Waals surface area contributed by atoms with Crippen molar-refractivity contribution in [2.24, 2.45) is 11.8 Å². The van der Waals surface area contributed by atoms with Gasteiger partial charge >= 0.3 is 0 Å². The van der Waals surface area contributed by atoms with Crippen LogP contribution in [0.2, 0.25) is 0 Å². The van der Waals surface area contributed by atoms with E-state index in [1.165, 1.54) is 0 Å². The van der Waals surface area contributed by atoms with E-state index in [-0.39, 0.29) is 23.7 Å². The molecule has 2 aromatic rings. The van der Waals surface area contributed by atoms with Crippen molar-refractivity contribution in [3.8, 4) is 0 Å². The summed E-state index contributed by atoms with van der Waals surface area (Å²) < 4.78 is 2.30. The topological polar surface area (TPSA) is 80.1 Å². The molecule has 0 bridgehead atoms. The third-order valence-corrected chi connectivity index (χ3v) is 6.96. The molecule has 1 aromatic heterocycles. The van der Waals surface area contributed by atoms with Crippen molar-refractivity contribution in [2.75, 3.05) is 18.4 Å². The molecule has 1 aromatic carbocycles. The number of carbonyl (C=O) groups is 2. The van der Waals surface area contributed by atoms with E-state index in [1.807, 2.05) is 26.0 Å². The highest BCUT2D eigenvalue weighted by molar-refractivity contribution is 5.94. The second-order valence-electron chi connectivity index (χ2n) is 10.3. The Morgan fingerprint density at radius 3 is 2.55 bits per heavy atom. The number of amides is 2. The number of aryl methyl sites for hydroxylation is 3. The fraction of sp³-hybridized carbons (Fsp3) is 0.615. The van der Waals surface area contributed by atoms with Crippen LogP contribution in [0.4, 0.5) is 5.69 Å². The van der Waals surface area contributed by atoms with Gasteiger partial charge in [-0.1, -0.05) is 38.0 Å². The summed E-state index contributed by atoms with van der Waals surface area (Å²) in [5.41, 5.74) is 3.02. The van der Waals surface area contributed by atoms with Crippen molar-refractivity contribution in [3.63, 3.8) is 0 Å². The van der Waals surface area contributed by atoms with Gasteiger partial charge in [0.1, 0.15) is 11.6 Å². The highest BCUT2D eigenvalue weighted by Crippen LogP contribution is 2.41. The lowest BCUT2D eigenvalue weighted by molar-refractivity contribution is -0.128. The minimum Gasteiger partial charge on any atom is -0.341 e. The normalized spacial score (nSPS) is 20.5. The molecule has 0 spiro atoms. The van der Waals surface area contributed by atoms with Crippen LogP contribution in [0, 0.1) is 25.7 Å². The predicted octanol–water partition coefficient (Wildman–Crippen LogP) is 4.41. The van der Waals surface area contributed by atoms with Crippen LogP contribution in [-0.2, 0) is 16.0 Å². The molecular formula is C26H37N5O2. The van der Waals surface area contributed by atoms with Gasteiger partial charge in [0.25, 0.3) is 0 Å². The second-order valence-corrected chi connectivity index (χ2v) is 10.3. The smallest absolute Gasteiger partial charge is 0.230 e. The van der Waals surface area contributed by atoms with E-state index in [0.717, 1.165) is 60.6 Å². The molecule has 7 nitrogen and oxygen atoms in total. The minimum atomic E-state index is -0.347. The maximum Gasteiger partial charge on any atom is 0.230 e. The van der Waals surface area contributed by atoms with E-state index in [2.05, 4.69) is 40.0 Å². The summed E-state index contributed by atoms with van der Waals surface area (Å²) in [5, 5.41) is 12.3. The van der Waals surface area contributed by atoms with Crippen LogP contribution in [-0.4, -0.2) is 44.6 Å². The zero-order valence-electron chi connectivity index (χ0n) is 20.6. The van der Waals surface area contributed by atoms with Gasteiger partial charge in [-0.05, 0) is 50.7 Å². The van der Waals surface area contributed by atoms with Crippen LogP contribution in [0.15, 0.2) is 18.2 Å². The van der Waals surface area contributed by atoms with Crippen LogP contribution in [0.5, 0.6) is 0 Å². The van der Waals surface area contributed by atoms with Gasteiger partial charge in [0.05, 0.1) is 11.8 Å². The molecule has 1 saturated carbocycles. The van der Waals surface area contributed by atoms with Crippen LogP contribution in [0.1, 0.15) is 81.2 Å². The summed E-state index contributed by atoms with van der Waals surface area (Å²) in [6, 6.07) is 6.45. The van der Waals surface area contributed by atoms with Crippen molar-refractivity contribution in [3.05, 3.63) is 41.0 Å². The molecule has 1 aliphatic heterocycles. The van der Waals surface area contributed by atoms with Crippen LogP contribution < -0.4 is 5.32 Å². The molecule has 0 unspecified atom stereocenters. The Hall–Kier alpha value is -2.70. The fourth-order valence-electron chi connectivity index (χ4n) is 4.93. The Morgan fingerprint density at radius 1 is 1.15 bits per heavy atom. The summed E-state index contributed by atoms with van der Waals surface area (Å²) in [5.74, 6) is 2.02. The highest BCUT2D eigenvalue weighted by Gasteiger charge is 2.44. The Kier molecular flexibility index (Phi) is 6.86. The van der Waals surface area contributed by atoms with Gasteiger partial charge in [0.15, 0.2) is 0 Å². The Labute approximate surface area is 197 Å². The molecule has 2 fully saturated rings. The molecule has 0 radical (unpaired) electrons. The highest BCUT2D eigenvalue weighted by atomic mass is 16.2. The molecule has 178 valence electrons. The molecule has 1 N–H and O–H groups in total. The zero-order chi connectivity index (χ0) is 23.7. The molecule has 4 rings (SSSR count). The molecule has 2 heterocycles.